The van der Waals surface area contributed by atoms with E-state index in [0.29, 0.717) is 16.6 Å². The second-order valence-corrected chi connectivity index (χ2v) is 4.81. The Labute approximate surface area is 122 Å². The number of rotatable bonds is 4. The predicted octanol–water partition coefficient (Wildman–Crippen LogP) is 3.45. The largest absolute Gasteiger partial charge is 0.481 e. The topological polar surface area (TPSA) is 51.2 Å². The highest BCUT2D eigenvalue weighted by atomic mass is 35.5. The lowest BCUT2D eigenvalue weighted by Crippen LogP contribution is -2.30. The van der Waals surface area contributed by atoms with Crippen LogP contribution < -0.4 is 10.1 Å². The van der Waals surface area contributed by atoms with Crippen LogP contribution in [-0.4, -0.2) is 17.0 Å². The van der Waals surface area contributed by atoms with Gasteiger partial charge in [0.1, 0.15) is 11.6 Å². The third-order valence-electron chi connectivity index (χ3n) is 2.62. The number of ether oxygens (including phenoxy) is 1. The van der Waals surface area contributed by atoms with E-state index in [1.807, 2.05) is 19.1 Å². The molecule has 0 saturated carbocycles. The van der Waals surface area contributed by atoms with Gasteiger partial charge in [-0.3, -0.25) is 4.79 Å². The number of aromatic nitrogens is 1. The van der Waals surface area contributed by atoms with Crippen LogP contribution in [0.2, 0.25) is 5.02 Å². The Balaban J connectivity index is 1.98. The summed E-state index contributed by atoms with van der Waals surface area (Å²) >= 11 is 5.86. The molecule has 1 aromatic carbocycles. The number of hydrogen-bond acceptors (Lipinski definition) is 3. The molecule has 0 saturated heterocycles. The monoisotopic (exact) mass is 290 g/mol. The van der Waals surface area contributed by atoms with E-state index in [1.165, 1.54) is 0 Å². The summed E-state index contributed by atoms with van der Waals surface area (Å²) in [6.45, 7) is 3.54. The molecule has 0 radical (unpaired) electrons. The van der Waals surface area contributed by atoms with Gasteiger partial charge in [-0.1, -0.05) is 23.7 Å². The Bertz CT molecular complexity index is 616. The Kier molecular flexibility index (Phi) is 4.58. The van der Waals surface area contributed by atoms with Gasteiger partial charge in [0, 0.05) is 10.7 Å². The normalized spacial score (nSPS) is 11.8. The van der Waals surface area contributed by atoms with Gasteiger partial charge in [0.2, 0.25) is 0 Å². The lowest BCUT2D eigenvalue weighted by Gasteiger charge is -2.14. The zero-order chi connectivity index (χ0) is 14.5. The Morgan fingerprint density at radius 1 is 1.30 bits per heavy atom. The maximum atomic E-state index is 12.0. The van der Waals surface area contributed by atoms with Crippen molar-refractivity contribution >= 4 is 23.3 Å². The second kappa shape index (κ2) is 6.39. The van der Waals surface area contributed by atoms with E-state index in [2.05, 4.69) is 10.3 Å². The van der Waals surface area contributed by atoms with Gasteiger partial charge >= 0.3 is 0 Å². The third-order valence-corrected chi connectivity index (χ3v) is 2.85. The summed E-state index contributed by atoms with van der Waals surface area (Å²) in [4.78, 5) is 16.2. The fraction of sp³-hybridized carbons (Fsp3) is 0.200. The minimum Gasteiger partial charge on any atom is -0.481 e. The van der Waals surface area contributed by atoms with Crippen LogP contribution in [0.5, 0.6) is 5.75 Å². The first-order valence-corrected chi connectivity index (χ1v) is 6.59. The molecule has 1 aromatic heterocycles. The number of hydrogen-bond donors (Lipinski definition) is 1. The standard InChI is InChI=1S/C15H15ClN2O2/c1-10-5-3-8-14(17-10)18-15(19)11(2)20-13-7-4-6-12(16)9-13/h3-9,11H,1-2H3,(H,17,18,19). The lowest BCUT2D eigenvalue weighted by atomic mass is 10.3. The number of carbonyl (C=O) groups is 1. The fourth-order valence-corrected chi connectivity index (χ4v) is 1.82. The molecule has 2 aromatic rings. The Morgan fingerprint density at radius 2 is 2.05 bits per heavy atom. The molecule has 0 bridgehead atoms. The molecule has 5 heteroatoms. The number of nitrogens with one attached hydrogen (secondary N) is 1. The highest BCUT2D eigenvalue weighted by Crippen LogP contribution is 2.18. The van der Waals surface area contributed by atoms with Gasteiger partial charge in [0.25, 0.3) is 5.91 Å². The van der Waals surface area contributed by atoms with Crippen molar-refractivity contribution in [3.8, 4) is 5.75 Å². The number of aryl methyl sites for hydroxylation is 1. The third kappa shape index (κ3) is 3.96. The maximum Gasteiger partial charge on any atom is 0.266 e. The van der Waals surface area contributed by atoms with Crippen molar-refractivity contribution in [1.29, 1.82) is 0 Å². The second-order valence-electron chi connectivity index (χ2n) is 4.37. The van der Waals surface area contributed by atoms with E-state index in [0.717, 1.165) is 5.69 Å². The van der Waals surface area contributed by atoms with Crippen LogP contribution in [0.25, 0.3) is 0 Å². The summed E-state index contributed by atoms with van der Waals surface area (Å²) < 4.78 is 5.54. The quantitative estimate of drug-likeness (QED) is 0.938. The molecule has 0 fully saturated rings. The summed E-state index contributed by atoms with van der Waals surface area (Å²) in [6, 6.07) is 12.4. The van der Waals surface area contributed by atoms with Crippen LogP contribution in [0.4, 0.5) is 5.82 Å². The van der Waals surface area contributed by atoms with E-state index in [9.17, 15) is 4.79 Å². The zero-order valence-corrected chi connectivity index (χ0v) is 12.0. The average Bonchev–Trinajstić information content (AvgIpc) is 2.38. The number of anilines is 1. The molecule has 1 N–H and O–H groups in total. The van der Waals surface area contributed by atoms with E-state index in [4.69, 9.17) is 16.3 Å². The molecule has 1 atom stereocenters. The SMILES string of the molecule is Cc1cccc(NC(=O)C(C)Oc2cccc(Cl)c2)n1. The summed E-state index contributed by atoms with van der Waals surface area (Å²) in [7, 11) is 0. The molecule has 1 amide bonds. The molecular formula is C15H15ClN2O2. The molecule has 20 heavy (non-hydrogen) atoms. The van der Waals surface area contributed by atoms with Crippen LogP contribution in [0.3, 0.4) is 0 Å². The highest BCUT2D eigenvalue weighted by molar-refractivity contribution is 6.30. The van der Waals surface area contributed by atoms with Crippen molar-refractivity contribution in [2.45, 2.75) is 20.0 Å². The lowest BCUT2D eigenvalue weighted by molar-refractivity contribution is -0.122. The minimum atomic E-state index is -0.643. The Hall–Kier alpha value is -2.07. The molecule has 0 aliphatic carbocycles. The number of carbonyl (C=O) groups excluding carboxylic acids is 1. The van der Waals surface area contributed by atoms with Gasteiger partial charge < -0.3 is 10.1 Å². The number of pyridine rings is 1. The van der Waals surface area contributed by atoms with E-state index >= 15 is 0 Å². The van der Waals surface area contributed by atoms with Crippen molar-refractivity contribution in [3.63, 3.8) is 0 Å². The molecular weight excluding hydrogens is 276 g/mol. The van der Waals surface area contributed by atoms with E-state index in [1.54, 1.807) is 37.3 Å². The van der Waals surface area contributed by atoms with Crippen LogP contribution in [0, 0.1) is 6.92 Å². The van der Waals surface area contributed by atoms with Gasteiger partial charge in [0.15, 0.2) is 6.10 Å². The van der Waals surface area contributed by atoms with Gasteiger partial charge in [-0.05, 0) is 44.2 Å². The molecule has 1 heterocycles. The minimum absolute atomic E-state index is 0.261. The number of benzene rings is 1. The van der Waals surface area contributed by atoms with Gasteiger partial charge in [-0.25, -0.2) is 4.98 Å². The Morgan fingerprint density at radius 3 is 2.75 bits per heavy atom. The fourth-order valence-electron chi connectivity index (χ4n) is 1.64. The van der Waals surface area contributed by atoms with Crippen molar-refractivity contribution in [2.24, 2.45) is 0 Å². The van der Waals surface area contributed by atoms with Gasteiger partial charge in [-0.2, -0.15) is 0 Å². The van der Waals surface area contributed by atoms with Gasteiger partial charge in [0.05, 0.1) is 0 Å². The van der Waals surface area contributed by atoms with Crippen LogP contribution in [-0.2, 0) is 4.79 Å². The molecule has 0 spiro atoms. The molecule has 0 aliphatic heterocycles. The number of nitrogens with zero attached hydrogens (tertiary/aromatic N) is 1. The van der Waals surface area contributed by atoms with E-state index in [-0.39, 0.29) is 5.91 Å². The van der Waals surface area contributed by atoms with Crippen LogP contribution >= 0.6 is 11.6 Å². The average molecular weight is 291 g/mol. The summed E-state index contributed by atoms with van der Waals surface area (Å²) in [5.74, 6) is 0.803. The molecule has 4 nitrogen and oxygen atoms in total. The van der Waals surface area contributed by atoms with Gasteiger partial charge in [-0.15, -0.1) is 0 Å². The summed E-state index contributed by atoms with van der Waals surface area (Å²) in [6.07, 6.45) is -0.643. The summed E-state index contributed by atoms with van der Waals surface area (Å²) in [5, 5.41) is 3.27. The molecule has 0 aliphatic rings. The zero-order valence-electron chi connectivity index (χ0n) is 11.3. The first kappa shape index (κ1) is 14.3. The number of halogens is 1. The first-order valence-electron chi connectivity index (χ1n) is 6.21. The predicted molar refractivity (Wildman–Crippen MR) is 79.1 cm³/mol. The molecule has 104 valence electrons. The van der Waals surface area contributed by atoms with Crippen LogP contribution in [0.15, 0.2) is 42.5 Å². The van der Waals surface area contributed by atoms with E-state index < -0.39 is 6.10 Å². The smallest absolute Gasteiger partial charge is 0.266 e. The van der Waals surface area contributed by atoms with Crippen molar-refractivity contribution in [2.75, 3.05) is 5.32 Å². The van der Waals surface area contributed by atoms with Crippen LogP contribution in [0.1, 0.15) is 12.6 Å². The van der Waals surface area contributed by atoms with Crippen molar-refractivity contribution in [3.05, 3.63) is 53.2 Å². The number of amides is 1. The van der Waals surface area contributed by atoms with Crippen molar-refractivity contribution in [1.82, 2.24) is 4.98 Å². The molecule has 2 rings (SSSR count). The molecule has 1 unspecified atom stereocenters. The summed E-state index contributed by atoms with van der Waals surface area (Å²) in [5.41, 5.74) is 0.839. The maximum absolute atomic E-state index is 12.0. The first-order chi connectivity index (χ1) is 9.54. The van der Waals surface area contributed by atoms with Crippen molar-refractivity contribution < 1.29 is 9.53 Å². The highest BCUT2D eigenvalue weighted by Gasteiger charge is 2.15.